The van der Waals surface area contributed by atoms with Crippen molar-refractivity contribution >= 4 is 18.0 Å². The molecular weight excluding hydrogens is 188 g/mol. The van der Waals surface area contributed by atoms with Crippen molar-refractivity contribution in [1.29, 1.82) is 0 Å². The Morgan fingerprint density at radius 2 is 2.46 bits per heavy atom. The van der Waals surface area contributed by atoms with E-state index in [1.807, 2.05) is 11.8 Å². The predicted octanol–water partition coefficient (Wildman–Crippen LogP) is 1.84. The number of aldehydes is 1. The van der Waals surface area contributed by atoms with Gasteiger partial charge < -0.3 is 4.52 Å². The summed E-state index contributed by atoms with van der Waals surface area (Å²) in [5.74, 6) is 1.91. The van der Waals surface area contributed by atoms with E-state index in [9.17, 15) is 4.79 Å². The minimum Gasteiger partial charge on any atom is -0.331 e. The fourth-order valence-electron chi connectivity index (χ4n) is 1.37. The SMILES string of the molecule is O=Cc1nc(C2CCCCS2)no1. The summed E-state index contributed by atoms with van der Waals surface area (Å²) in [6.45, 7) is 0. The van der Waals surface area contributed by atoms with Crippen molar-refractivity contribution in [2.24, 2.45) is 0 Å². The van der Waals surface area contributed by atoms with E-state index in [0.29, 0.717) is 17.4 Å². The van der Waals surface area contributed by atoms with Gasteiger partial charge in [-0.15, -0.1) is 0 Å². The Morgan fingerprint density at radius 1 is 1.54 bits per heavy atom. The van der Waals surface area contributed by atoms with Gasteiger partial charge in [0.1, 0.15) is 0 Å². The summed E-state index contributed by atoms with van der Waals surface area (Å²) in [6, 6.07) is 0. The highest BCUT2D eigenvalue weighted by molar-refractivity contribution is 7.99. The van der Waals surface area contributed by atoms with Crippen LogP contribution in [-0.4, -0.2) is 22.2 Å². The van der Waals surface area contributed by atoms with E-state index in [0.717, 1.165) is 12.2 Å². The smallest absolute Gasteiger partial charge is 0.290 e. The highest BCUT2D eigenvalue weighted by atomic mass is 32.2. The zero-order valence-electron chi connectivity index (χ0n) is 7.10. The Bertz CT molecular complexity index is 294. The fourth-order valence-corrected chi connectivity index (χ4v) is 2.60. The van der Waals surface area contributed by atoms with Gasteiger partial charge in [-0.3, -0.25) is 4.79 Å². The summed E-state index contributed by atoms with van der Waals surface area (Å²) in [6.07, 6.45) is 4.15. The fraction of sp³-hybridized carbons (Fsp3) is 0.625. The van der Waals surface area contributed by atoms with Crippen molar-refractivity contribution < 1.29 is 9.32 Å². The lowest BCUT2D eigenvalue weighted by atomic mass is 10.2. The number of rotatable bonds is 2. The van der Waals surface area contributed by atoms with Crippen molar-refractivity contribution in [2.75, 3.05) is 5.75 Å². The summed E-state index contributed by atoms with van der Waals surface area (Å²) in [4.78, 5) is 14.3. The molecule has 70 valence electrons. The molecule has 0 bridgehead atoms. The molecule has 1 saturated heterocycles. The van der Waals surface area contributed by atoms with E-state index in [2.05, 4.69) is 10.1 Å². The molecule has 13 heavy (non-hydrogen) atoms. The monoisotopic (exact) mass is 198 g/mol. The number of hydrogen-bond donors (Lipinski definition) is 0. The van der Waals surface area contributed by atoms with Crippen molar-refractivity contribution in [1.82, 2.24) is 10.1 Å². The second-order valence-electron chi connectivity index (χ2n) is 2.96. The van der Waals surface area contributed by atoms with Gasteiger partial charge in [-0.2, -0.15) is 16.7 Å². The Balaban J connectivity index is 2.09. The molecule has 0 aliphatic carbocycles. The maximum absolute atomic E-state index is 10.3. The quantitative estimate of drug-likeness (QED) is 0.679. The number of carbonyl (C=O) groups excluding carboxylic acids is 1. The van der Waals surface area contributed by atoms with Crippen molar-refractivity contribution in [3.8, 4) is 0 Å². The van der Waals surface area contributed by atoms with Gasteiger partial charge in [0.2, 0.25) is 6.29 Å². The lowest BCUT2D eigenvalue weighted by Crippen LogP contribution is -2.03. The largest absolute Gasteiger partial charge is 0.331 e. The van der Waals surface area contributed by atoms with E-state index >= 15 is 0 Å². The summed E-state index contributed by atoms with van der Waals surface area (Å²) < 4.78 is 4.72. The highest BCUT2D eigenvalue weighted by Crippen LogP contribution is 2.36. The molecule has 1 unspecified atom stereocenters. The first-order chi connectivity index (χ1) is 6.40. The van der Waals surface area contributed by atoms with Crippen LogP contribution in [0.15, 0.2) is 4.52 Å². The lowest BCUT2D eigenvalue weighted by Gasteiger charge is -2.17. The van der Waals surface area contributed by atoms with Gasteiger partial charge in [-0.05, 0) is 18.6 Å². The van der Waals surface area contributed by atoms with Gasteiger partial charge in [0, 0.05) is 0 Å². The molecule has 0 spiro atoms. The number of thioether (sulfide) groups is 1. The van der Waals surface area contributed by atoms with Crippen LogP contribution in [0.4, 0.5) is 0 Å². The van der Waals surface area contributed by atoms with Crippen LogP contribution in [0, 0.1) is 0 Å². The van der Waals surface area contributed by atoms with Gasteiger partial charge >= 0.3 is 0 Å². The van der Waals surface area contributed by atoms with Crippen LogP contribution in [0.3, 0.4) is 0 Å². The molecule has 1 aliphatic heterocycles. The van der Waals surface area contributed by atoms with Crippen molar-refractivity contribution in [3.05, 3.63) is 11.7 Å². The molecule has 0 amide bonds. The number of hydrogen-bond acceptors (Lipinski definition) is 5. The maximum atomic E-state index is 10.3. The minimum absolute atomic E-state index is 0.0844. The highest BCUT2D eigenvalue weighted by Gasteiger charge is 2.21. The Hall–Kier alpha value is -0.840. The van der Waals surface area contributed by atoms with Crippen LogP contribution in [-0.2, 0) is 0 Å². The molecule has 0 aromatic carbocycles. The van der Waals surface area contributed by atoms with Gasteiger partial charge in [0.05, 0.1) is 5.25 Å². The summed E-state index contributed by atoms with van der Waals surface area (Å²) in [7, 11) is 0. The molecule has 1 atom stereocenters. The Kier molecular flexibility index (Phi) is 2.63. The van der Waals surface area contributed by atoms with Gasteiger partial charge in [0.25, 0.3) is 5.89 Å². The van der Waals surface area contributed by atoms with E-state index < -0.39 is 0 Å². The second kappa shape index (κ2) is 3.91. The third-order valence-electron chi connectivity index (χ3n) is 2.03. The summed E-state index contributed by atoms with van der Waals surface area (Å²) in [5.41, 5.74) is 0. The molecule has 2 heterocycles. The first-order valence-corrected chi connectivity index (χ1v) is 5.35. The molecular formula is C8H10N2O2S. The van der Waals surface area contributed by atoms with Gasteiger partial charge in [0.15, 0.2) is 5.82 Å². The number of carbonyl (C=O) groups is 1. The molecule has 2 rings (SSSR count). The maximum Gasteiger partial charge on any atom is 0.290 e. The van der Waals surface area contributed by atoms with Crippen LogP contribution < -0.4 is 0 Å². The van der Waals surface area contributed by atoms with Crippen molar-refractivity contribution in [2.45, 2.75) is 24.5 Å². The Morgan fingerprint density at radius 3 is 3.08 bits per heavy atom. The molecule has 0 radical (unpaired) electrons. The molecule has 1 aliphatic rings. The molecule has 1 fully saturated rings. The normalized spacial score (nSPS) is 22.9. The van der Waals surface area contributed by atoms with E-state index in [1.54, 1.807) is 0 Å². The second-order valence-corrected chi connectivity index (χ2v) is 4.27. The number of aromatic nitrogens is 2. The van der Waals surface area contributed by atoms with Crippen LogP contribution in [0.2, 0.25) is 0 Å². The van der Waals surface area contributed by atoms with Gasteiger partial charge in [-0.1, -0.05) is 11.6 Å². The first kappa shape index (κ1) is 8.74. The molecule has 4 nitrogen and oxygen atoms in total. The molecule has 1 aromatic heterocycles. The van der Waals surface area contributed by atoms with Gasteiger partial charge in [-0.25, -0.2) is 0 Å². The zero-order chi connectivity index (χ0) is 9.10. The van der Waals surface area contributed by atoms with E-state index in [1.165, 1.54) is 12.8 Å². The molecule has 0 N–H and O–H groups in total. The van der Waals surface area contributed by atoms with Crippen LogP contribution in [0.1, 0.15) is 41.0 Å². The first-order valence-electron chi connectivity index (χ1n) is 4.30. The lowest BCUT2D eigenvalue weighted by molar-refractivity contribution is 0.108. The van der Waals surface area contributed by atoms with Crippen LogP contribution in [0.5, 0.6) is 0 Å². The summed E-state index contributed by atoms with van der Waals surface area (Å²) >= 11 is 1.84. The topological polar surface area (TPSA) is 56.0 Å². The third-order valence-corrected chi connectivity index (χ3v) is 3.40. The standard InChI is InChI=1S/C8H10N2O2S/c11-5-7-9-8(10-12-7)6-3-1-2-4-13-6/h5-6H,1-4H2. The van der Waals surface area contributed by atoms with Crippen molar-refractivity contribution in [3.63, 3.8) is 0 Å². The average molecular weight is 198 g/mol. The van der Waals surface area contributed by atoms with Crippen LogP contribution >= 0.6 is 11.8 Å². The third kappa shape index (κ3) is 1.91. The predicted molar refractivity (Wildman–Crippen MR) is 48.7 cm³/mol. The molecule has 5 heteroatoms. The molecule has 1 aromatic rings. The Labute approximate surface area is 80.1 Å². The number of nitrogens with zero attached hydrogens (tertiary/aromatic N) is 2. The van der Waals surface area contributed by atoms with Crippen LogP contribution in [0.25, 0.3) is 0 Å². The van der Waals surface area contributed by atoms with E-state index in [-0.39, 0.29) is 5.89 Å². The summed E-state index contributed by atoms with van der Waals surface area (Å²) in [5, 5.41) is 4.10. The average Bonchev–Trinajstić information content (AvgIpc) is 2.67. The molecule has 0 saturated carbocycles. The van der Waals surface area contributed by atoms with E-state index in [4.69, 9.17) is 4.52 Å². The minimum atomic E-state index is 0.0844. The zero-order valence-corrected chi connectivity index (χ0v) is 7.92.